The molecule has 2 N–H and O–H groups in total. The van der Waals surface area contributed by atoms with Crippen LogP contribution in [-0.2, 0) is 0 Å². The van der Waals surface area contributed by atoms with E-state index in [9.17, 15) is 0 Å². The topological polar surface area (TPSA) is 50.7 Å². The van der Waals surface area contributed by atoms with E-state index in [4.69, 9.17) is 15.7 Å². The number of thioether (sulfide) groups is 1. The summed E-state index contributed by atoms with van der Waals surface area (Å²) < 4.78 is 2.43. The molecule has 0 bridgehead atoms. The fourth-order valence-corrected chi connectivity index (χ4v) is 9.71. The van der Waals surface area contributed by atoms with Gasteiger partial charge in [-0.05, 0) is 83.0 Å². The second kappa shape index (κ2) is 17.7. The molecule has 0 saturated heterocycles. The predicted octanol–water partition coefficient (Wildman–Crippen LogP) is 11.6. The molecule has 5 aromatic rings. The Kier molecular flexibility index (Phi) is 12.6. The number of nitrogens with two attached hydrogens (primary N) is 1. The first-order chi connectivity index (χ1) is 26.0. The third-order valence-corrected chi connectivity index (χ3v) is 12.2. The Labute approximate surface area is 323 Å². The molecule has 5 heteroatoms. The Morgan fingerprint density at radius 2 is 1.68 bits per heavy atom. The minimum Gasteiger partial charge on any atom is -0.383 e. The van der Waals surface area contributed by atoms with Crippen molar-refractivity contribution in [2.24, 2.45) is 21.6 Å². The van der Waals surface area contributed by atoms with Crippen molar-refractivity contribution in [2.75, 3.05) is 6.54 Å². The molecular weight excluding hydrogens is 683 g/mol. The van der Waals surface area contributed by atoms with E-state index in [0.717, 1.165) is 47.1 Å². The lowest BCUT2D eigenvalue weighted by molar-refractivity contribution is 0.516. The predicted molar refractivity (Wildman–Crippen MR) is 235 cm³/mol. The molecule has 53 heavy (non-hydrogen) atoms. The quantitative estimate of drug-likeness (QED) is 0.0932. The number of rotatable bonds is 9. The van der Waals surface area contributed by atoms with Gasteiger partial charge in [-0.2, -0.15) is 0 Å². The summed E-state index contributed by atoms with van der Waals surface area (Å²) in [6, 6.07) is 34.1. The minimum absolute atomic E-state index is 0.348. The number of allylic oxidation sites excluding steroid dienone is 5. The molecule has 0 spiro atoms. The zero-order chi connectivity index (χ0) is 37.3. The zero-order valence-corrected chi connectivity index (χ0v) is 32.9. The van der Waals surface area contributed by atoms with Crippen LogP contribution in [0.2, 0.25) is 0 Å². The molecule has 2 aliphatic rings. The lowest BCUT2D eigenvalue weighted by Crippen LogP contribution is -2.22. The van der Waals surface area contributed by atoms with Crippen LogP contribution in [-0.4, -0.2) is 18.2 Å². The average Bonchev–Trinajstić information content (AvgIpc) is 3.77. The van der Waals surface area contributed by atoms with Gasteiger partial charge in [0.2, 0.25) is 0 Å². The zero-order valence-electron chi connectivity index (χ0n) is 31.3. The first-order valence-electron chi connectivity index (χ1n) is 18.7. The summed E-state index contributed by atoms with van der Waals surface area (Å²) in [5.74, 6) is 1.99. The first-order valence-corrected chi connectivity index (χ1v) is 20.3. The van der Waals surface area contributed by atoms with Gasteiger partial charge in [0.1, 0.15) is 5.84 Å². The van der Waals surface area contributed by atoms with Crippen LogP contribution in [0.3, 0.4) is 0 Å². The maximum absolute atomic E-state index is 6.83. The molecule has 3 nitrogen and oxygen atoms in total. The molecule has 4 aromatic carbocycles. The van der Waals surface area contributed by atoms with Crippen molar-refractivity contribution >= 4 is 56.5 Å². The third-order valence-electron chi connectivity index (χ3n) is 9.77. The molecule has 1 aliphatic carbocycles. The number of amidine groups is 2. The van der Waals surface area contributed by atoms with Crippen LogP contribution < -0.4 is 15.5 Å². The van der Waals surface area contributed by atoms with Crippen LogP contribution in [0.15, 0.2) is 160 Å². The Hall–Kier alpha value is -4.97. The van der Waals surface area contributed by atoms with Crippen molar-refractivity contribution in [1.82, 2.24) is 0 Å². The van der Waals surface area contributed by atoms with Crippen molar-refractivity contribution in [1.29, 1.82) is 0 Å². The fourth-order valence-electron chi connectivity index (χ4n) is 7.18. The van der Waals surface area contributed by atoms with E-state index in [1.165, 1.54) is 40.8 Å². The molecule has 268 valence electrons. The van der Waals surface area contributed by atoms with Crippen molar-refractivity contribution in [3.8, 4) is 11.1 Å². The number of fused-ring (bicyclic) bond motifs is 4. The Balaban J connectivity index is 0.00000236. The van der Waals surface area contributed by atoms with Crippen LogP contribution in [0, 0.1) is 5.92 Å². The standard InChI is InChI=1S/C46H43N3S2.C2H6/c1-5-8-15-30(4)36(6-2)44-39-25-23-35(28-43(39)50-40(44)7-3)46(49-45(47)34-19-14-18-33(27-34)32-16-10-9-11-17-32)48-29-31-22-24-38-37-20-12-13-21-41(37)51-42(38)26-31;1-2/h5,7-21,23,25-28,31,38H,1,4,6,22,24,29H2,2-3H3,(H2,47,48,49);1-2H3/b15-8-,40-7+,44-36+;. The monoisotopic (exact) mass is 731 g/mol. The highest BCUT2D eigenvalue weighted by Crippen LogP contribution is 2.53. The summed E-state index contributed by atoms with van der Waals surface area (Å²) >= 11 is 3.72. The van der Waals surface area contributed by atoms with Crippen LogP contribution in [0.1, 0.15) is 69.6 Å². The van der Waals surface area contributed by atoms with E-state index >= 15 is 0 Å². The molecular formula is C48H49N3S2. The highest BCUT2D eigenvalue weighted by atomic mass is 32.2. The van der Waals surface area contributed by atoms with Crippen LogP contribution in [0.25, 0.3) is 32.9 Å². The second-order valence-corrected chi connectivity index (χ2v) is 15.2. The van der Waals surface area contributed by atoms with Gasteiger partial charge in [0.05, 0.1) is 0 Å². The lowest BCUT2D eigenvalue weighted by Gasteiger charge is -2.23. The molecule has 2 heterocycles. The van der Waals surface area contributed by atoms with E-state index in [1.807, 2.05) is 56.0 Å². The summed E-state index contributed by atoms with van der Waals surface area (Å²) in [5, 5.41) is 2.47. The lowest BCUT2D eigenvalue weighted by atomic mass is 9.84. The normalized spacial score (nSPS) is 17.9. The summed E-state index contributed by atoms with van der Waals surface area (Å²) in [6.07, 6.45) is 13.6. The summed E-state index contributed by atoms with van der Waals surface area (Å²) in [5.41, 5.74) is 14.6. The van der Waals surface area contributed by atoms with Gasteiger partial charge >= 0.3 is 0 Å². The van der Waals surface area contributed by atoms with Gasteiger partial charge in [-0.25, -0.2) is 4.99 Å². The van der Waals surface area contributed by atoms with Crippen molar-refractivity contribution in [2.45, 2.75) is 57.8 Å². The van der Waals surface area contributed by atoms with Gasteiger partial charge in [-0.15, -0.1) is 11.3 Å². The highest BCUT2D eigenvalue weighted by molar-refractivity contribution is 8.03. The van der Waals surface area contributed by atoms with Crippen molar-refractivity contribution < 1.29 is 0 Å². The molecule has 0 saturated carbocycles. The number of hydrogen-bond acceptors (Lipinski definition) is 3. The summed E-state index contributed by atoms with van der Waals surface area (Å²) in [7, 11) is 0. The highest BCUT2D eigenvalue weighted by Gasteiger charge is 2.32. The number of benzene rings is 4. The molecule has 0 amide bonds. The molecule has 1 aromatic heterocycles. The smallest absolute Gasteiger partial charge is 0.157 e. The van der Waals surface area contributed by atoms with Gasteiger partial charge in [0.15, 0.2) is 5.84 Å². The number of thiophene rings is 1. The van der Waals surface area contributed by atoms with Crippen LogP contribution in [0.4, 0.5) is 0 Å². The van der Waals surface area contributed by atoms with Crippen molar-refractivity contribution in [3.63, 3.8) is 0 Å². The maximum Gasteiger partial charge on any atom is 0.157 e. The summed E-state index contributed by atoms with van der Waals surface area (Å²) in [6.45, 7) is 17.2. The minimum atomic E-state index is 0.348. The number of nitrogens with zero attached hydrogens (tertiary/aromatic N) is 2. The van der Waals surface area contributed by atoms with E-state index in [1.54, 1.807) is 17.4 Å². The van der Waals surface area contributed by atoms with Crippen molar-refractivity contribution in [3.05, 3.63) is 171 Å². The largest absolute Gasteiger partial charge is 0.383 e. The van der Waals surface area contributed by atoms with Gasteiger partial charge in [0, 0.05) is 48.3 Å². The van der Waals surface area contributed by atoms with Gasteiger partial charge < -0.3 is 5.73 Å². The maximum atomic E-state index is 6.83. The number of hydrogen-bond donors (Lipinski definition) is 1. The molecule has 0 radical (unpaired) electrons. The molecule has 1 aliphatic heterocycles. The van der Waals surface area contributed by atoms with Crippen LogP contribution >= 0.6 is 23.1 Å². The Morgan fingerprint density at radius 1 is 0.906 bits per heavy atom. The van der Waals surface area contributed by atoms with Gasteiger partial charge in [0.25, 0.3) is 0 Å². The number of aliphatic imine (C=N–C) groups is 2. The fraction of sp³-hybridized carbons (Fsp3) is 0.208. The Morgan fingerprint density at radius 3 is 2.45 bits per heavy atom. The second-order valence-electron chi connectivity index (χ2n) is 13.0. The molecule has 0 fully saturated rings. The van der Waals surface area contributed by atoms with E-state index in [2.05, 4.69) is 118 Å². The first kappa shape index (κ1) is 37.8. The third kappa shape index (κ3) is 8.32. The molecule has 7 rings (SSSR count). The van der Waals surface area contributed by atoms with E-state index in [-0.39, 0.29) is 0 Å². The molecule has 2 atom stereocenters. The summed E-state index contributed by atoms with van der Waals surface area (Å²) in [4.78, 5) is 13.2. The average molecular weight is 732 g/mol. The molecule has 2 unspecified atom stereocenters. The van der Waals surface area contributed by atoms with E-state index < -0.39 is 0 Å². The SMILES string of the molecule is C=C/C=C\C(=C)/C(CC)=c1/c(=C\C)sc2cc(C(N=C(N)c3cccc(-c4ccccc4)c3)=NCC3C=C4Sc5ccccc5C4CC3)ccc12.CC. The van der Waals surface area contributed by atoms with E-state index in [0.29, 0.717) is 30.1 Å². The van der Waals surface area contributed by atoms with Gasteiger partial charge in [-0.1, -0.05) is 155 Å². The van der Waals surface area contributed by atoms with Gasteiger partial charge in [-0.3, -0.25) is 4.99 Å². The van der Waals surface area contributed by atoms with Crippen LogP contribution in [0.5, 0.6) is 0 Å². The Bertz CT molecular complexity index is 2370.